The molecule has 2 saturated heterocycles. The van der Waals surface area contributed by atoms with Crippen molar-refractivity contribution in [3.63, 3.8) is 0 Å². The number of carbonyl (C=O) groups is 1. The van der Waals surface area contributed by atoms with Gasteiger partial charge in [-0.1, -0.05) is 0 Å². The van der Waals surface area contributed by atoms with Gasteiger partial charge in [-0.15, -0.1) is 0 Å². The normalized spacial score (nSPS) is 34.2. The molecule has 16 heavy (non-hydrogen) atoms. The second kappa shape index (κ2) is 5.25. The van der Waals surface area contributed by atoms with Crippen LogP contribution in [0.1, 0.15) is 13.3 Å². The number of likely N-dealkylation sites (N-methyl/N-ethyl adjacent to an activating group) is 1. The first-order valence-corrected chi connectivity index (χ1v) is 6.20. The summed E-state index contributed by atoms with van der Waals surface area (Å²) < 4.78 is 5.38. The van der Waals surface area contributed by atoms with Gasteiger partial charge in [0.05, 0.1) is 19.1 Å². The number of ether oxygens (including phenoxy) is 1. The molecule has 4 nitrogen and oxygen atoms in total. The van der Waals surface area contributed by atoms with Crippen molar-refractivity contribution < 1.29 is 9.53 Å². The predicted octanol–water partition coefficient (Wildman–Crippen LogP) is 0.228. The van der Waals surface area contributed by atoms with Crippen molar-refractivity contribution in [1.29, 1.82) is 0 Å². The van der Waals surface area contributed by atoms with Crippen molar-refractivity contribution in [3.05, 3.63) is 0 Å². The van der Waals surface area contributed by atoms with Gasteiger partial charge >= 0.3 is 0 Å². The van der Waals surface area contributed by atoms with Crippen LogP contribution in [-0.2, 0) is 9.53 Å². The first kappa shape index (κ1) is 12.0. The Morgan fingerprint density at radius 1 is 1.44 bits per heavy atom. The zero-order valence-corrected chi connectivity index (χ0v) is 10.3. The fourth-order valence-corrected chi connectivity index (χ4v) is 2.45. The zero-order valence-electron chi connectivity index (χ0n) is 10.3. The summed E-state index contributed by atoms with van der Waals surface area (Å²) in [5.74, 6) is 0.502. The molecule has 2 rings (SSSR count). The Hall–Kier alpha value is -0.450. The SMILES string of the molecule is CC1CN(CC2COCCC2=O)CCN1C. The number of hydrogen-bond donors (Lipinski definition) is 0. The standard InChI is InChI=1S/C12H22N2O2/c1-10-7-14(5-4-13(10)2)8-11-9-16-6-3-12(11)15/h10-11H,3-9H2,1-2H3. The van der Waals surface area contributed by atoms with Crippen molar-refractivity contribution in [2.24, 2.45) is 5.92 Å². The quantitative estimate of drug-likeness (QED) is 0.675. The van der Waals surface area contributed by atoms with Crippen LogP contribution in [0.15, 0.2) is 0 Å². The minimum atomic E-state index is 0.115. The molecule has 0 bridgehead atoms. The highest BCUT2D eigenvalue weighted by Crippen LogP contribution is 2.14. The monoisotopic (exact) mass is 226 g/mol. The van der Waals surface area contributed by atoms with Gasteiger partial charge in [0.15, 0.2) is 0 Å². The first-order chi connectivity index (χ1) is 7.66. The summed E-state index contributed by atoms with van der Waals surface area (Å²) in [5, 5.41) is 0. The van der Waals surface area contributed by atoms with Crippen molar-refractivity contribution >= 4 is 5.78 Å². The molecule has 0 aromatic carbocycles. The van der Waals surface area contributed by atoms with Crippen molar-refractivity contribution in [1.82, 2.24) is 9.80 Å². The van der Waals surface area contributed by atoms with Gasteiger partial charge in [-0.3, -0.25) is 9.69 Å². The topological polar surface area (TPSA) is 32.8 Å². The lowest BCUT2D eigenvalue weighted by atomic mass is 9.99. The Balaban J connectivity index is 1.82. The van der Waals surface area contributed by atoms with E-state index in [9.17, 15) is 4.79 Å². The lowest BCUT2D eigenvalue weighted by Gasteiger charge is -2.39. The molecule has 2 aliphatic rings. The van der Waals surface area contributed by atoms with Gasteiger partial charge in [0.2, 0.25) is 0 Å². The van der Waals surface area contributed by atoms with Crippen molar-refractivity contribution in [3.8, 4) is 0 Å². The number of piperazine rings is 1. The summed E-state index contributed by atoms with van der Waals surface area (Å²) in [5.41, 5.74) is 0. The number of rotatable bonds is 2. The van der Waals surface area contributed by atoms with E-state index in [0.717, 1.165) is 26.2 Å². The Morgan fingerprint density at radius 2 is 2.25 bits per heavy atom. The molecule has 0 aromatic rings. The van der Waals surface area contributed by atoms with Crippen LogP contribution in [0.2, 0.25) is 0 Å². The molecule has 0 amide bonds. The lowest BCUT2D eigenvalue weighted by Crippen LogP contribution is -2.52. The van der Waals surface area contributed by atoms with Gasteiger partial charge in [0, 0.05) is 38.6 Å². The van der Waals surface area contributed by atoms with Gasteiger partial charge in [0.25, 0.3) is 0 Å². The van der Waals surface area contributed by atoms with Gasteiger partial charge in [-0.25, -0.2) is 0 Å². The molecular weight excluding hydrogens is 204 g/mol. The summed E-state index contributed by atoms with van der Waals surface area (Å²) in [7, 11) is 2.16. The Kier molecular flexibility index (Phi) is 3.95. The molecule has 4 heteroatoms. The average Bonchev–Trinajstić information content (AvgIpc) is 2.27. The molecule has 0 aliphatic carbocycles. The number of Topliss-reactive ketones (excluding diaryl/α,β-unsaturated/α-hetero) is 1. The second-order valence-corrected chi connectivity index (χ2v) is 5.08. The fraction of sp³-hybridized carbons (Fsp3) is 0.917. The largest absolute Gasteiger partial charge is 0.380 e. The molecule has 0 N–H and O–H groups in total. The molecule has 2 unspecified atom stereocenters. The average molecular weight is 226 g/mol. The number of nitrogens with zero attached hydrogens (tertiary/aromatic N) is 2. The minimum absolute atomic E-state index is 0.115. The van der Waals surface area contributed by atoms with Gasteiger partial charge in [-0.2, -0.15) is 0 Å². The van der Waals surface area contributed by atoms with Crippen molar-refractivity contribution in [2.45, 2.75) is 19.4 Å². The molecule has 92 valence electrons. The van der Waals surface area contributed by atoms with E-state index in [-0.39, 0.29) is 5.92 Å². The highest BCUT2D eigenvalue weighted by atomic mass is 16.5. The van der Waals surface area contributed by atoms with E-state index in [1.165, 1.54) is 0 Å². The summed E-state index contributed by atoms with van der Waals surface area (Å²) in [4.78, 5) is 16.5. The summed E-state index contributed by atoms with van der Waals surface area (Å²) in [6.45, 7) is 7.62. The third-order valence-corrected chi connectivity index (χ3v) is 3.79. The van der Waals surface area contributed by atoms with Crippen LogP contribution in [0.5, 0.6) is 0 Å². The van der Waals surface area contributed by atoms with Crippen LogP contribution in [-0.4, -0.2) is 68.1 Å². The summed E-state index contributed by atoms with van der Waals surface area (Å²) in [6, 6.07) is 0.591. The molecule has 0 saturated carbocycles. The van der Waals surface area contributed by atoms with Crippen LogP contribution < -0.4 is 0 Å². The fourth-order valence-electron chi connectivity index (χ4n) is 2.45. The van der Waals surface area contributed by atoms with Crippen molar-refractivity contribution in [2.75, 3.05) is 46.4 Å². The van der Waals surface area contributed by atoms with Gasteiger partial charge < -0.3 is 9.64 Å². The maximum Gasteiger partial charge on any atom is 0.141 e. The van der Waals surface area contributed by atoms with E-state index < -0.39 is 0 Å². The Morgan fingerprint density at radius 3 is 2.94 bits per heavy atom. The van der Waals surface area contributed by atoms with E-state index in [1.807, 2.05) is 0 Å². The molecular formula is C12H22N2O2. The van der Waals surface area contributed by atoms with E-state index >= 15 is 0 Å². The van der Waals surface area contributed by atoms with Gasteiger partial charge in [0.1, 0.15) is 5.78 Å². The van der Waals surface area contributed by atoms with Crippen LogP contribution >= 0.6 is 0 Å². The van der Waals surface area contributed by atoms with E-state index in [1.54, 1.807) is 0 Å². The number of hydrogen-bond acceptors (Lipinski definition) is 4. The van der Waals surface area contributed by atoms with Gasteiger partial charge in [-0.05, 0) is 14.0 Å². The first-order valence-electron chi connectivity index (χ1n) is 6.20. The number of ketones is 1. The second-order valence-electron chi connectivity index (χ2n) is 5.08. The van der Waals surface area contributed by atoms with Crippen LogP contribution in [0, 0.1) is 5.92 Å². The molecule has 2 atom stereocenters. The van der Waals surface area contributed by atoms with E-state index in [0.29, 0.717) is 31.5 Å². The Bertz CT molecular complexity index is 257. The molecule has 2 aliphatic heterocycles. The van der Waals surface area contributed by atoms with Crippen LogP contribution in [0.4, 0.5) is 0 Å². The van der Waals surface area contributed by atoms with E-state index in [4.69, 9.17) is 4.74 Å². The third-order valence-electron chi connectivity index (χ3n) is 3.79. The summed E-state index contributed by atoms with van der Waals surface area (Å²) in [6.07, 6.45) is 0.605. The number of carbonyl (C=O) groups excluding carboxylic acids is 1. The third kappa shape index (κ3) is 2.81. The lowest BCUT2D eigenvalue weighted by molar-refractivity contribution is -0.131. The molecule has 2 fully saturated rings. The highest BCUT2D eigenvalue weighted by Gasteiger charge is 2.28. The predicted molar refractivity (Wildman–Crippen MR) is 62.5 cm³/mol. The summed E-state index contributed by atoms with van der Waals surface area (Å²) >= 11 is 0. The molecule has 2 heterocycles. The molecule has 0 radical (unpaired) electrons. The van der Waals surface area contributed by atoms with E-state index in [2.05, 4.69) is 23.8 Å². The maximum absolute atomic E-state index is 11.7. The smallest absolute Gasteiger partial charge is 0.141 e. The molecule has 0 aromatic heterocycles. The Labute approximate surface area is 97.5 Å². The van der Waals surface area contributed by atoms with Crippen LogP contribution in [0.25, 0.3) is 0 Å². The molecule has 0 spiro atoms. The minimum Gasteiger partial charge on any atom is -0.380 e. The highest BCUT2D eigenvalue weighted by molar-refractivity contribution is 5.82. The van der Waals surface area contributed by atoms with Crippen LogP contribution in [0.3, 0.4) is 0 Å². The maximum atomic E-state index is 11.7. The zero-order chi connectivity index (χ0) is 11.5.